The Labute approximate surface area is 139 Å². The summed E-state index contributed by atoms with van der Waals surface area (Å²) in [4.78, 5) is 16.0. The van der Waals surface area contributed by atoms with Crippen LogP contribution < -0.4 is 0 Å². The van der Waals surface area contributed by atoms with Crippen molar-refractivity contribution in [2.45, 2.75) is 50.8 Å². The van der Waals surface area contributed by atoms with Gasteiger partial charge in [-0.25, -0.2) is 0 Å². The van der Waals surface area contributed by atoms with E-state index in [4.69, 9.17) is 0 Å². The van der Waals surface area contributed by atoms with E-state index in [1.54, 1.807) is 0 Å². The molecule has 0 aliphatic carbocycles. The number of hydrogen-bond donors (Lipinski definition) is 0. The molecule has 1 fully saturated rings. The molecule has 0 unspecified atom stereocenters. The summed E-state index contributed by atoms with van der Waals surface area (Å²) in [6.07, 6.45) is 5.81. The summed E-state index contributed by atoms with van der Waals surface area (Å²) < 4.78 is 0. The lowest BCUT2D eigenvalue weighted by Crippen LogP contribution is -2.31. The Morgan fingerprint density at radius 2 is 1.82 bits per heavy atom. The van der Waals surface area contributed by atoms with Crippen LogP contribution in [0.25, 0.3) is 0 Å². The maximum absolute atomic E-state index is 12.3. The molecule has 1 saturated heterocycles. The van der Waals surface area contributed by atoms with E-state index in [1.165, 1.54) is 43.7 Å². The summed E-state index contributed by atoms with van der Waals surface area (Å²) in [7, 11) is 0. The minimum absolute atomic E-state index is 0.282. The van der Waals surface area contributed by atoms with Crippen molar-refractivity contribution in [3.63, 3.8) is 0 Å². The van der Waals surface area contributed by atoms with Crippen molar-refractivity contribution >= 4 is 17.5 Å². The number of Topliss-reactive ketones (excluding diaryl/α,β-unsaturated/α-hetero) is 1. The number of ketones is 1. The fourth-order valence-electron chi connectivity index (χ4n) is 2.74. The molecule has 1 heterocycles. The minimum Gasteiger partial charge on any atom is -0.303 e. The van der Waals surface area contributed by atoms with Gasteiger partial charge >= 0.3 is 0 Å². The van der Waals surface area contributed by atoms with Crippen LogP contribution in [0.4, 0.5) is 0 Å². The van der Waals surface area contributed by atoms with Gasteiger partial charge in [0.1, 0.15) is 0 Å². The number of thioether (sulfide) groups is 1. The molecule has 0 N–H and O–H groups in total. The molecule has 0 aromatic heterocycles. The third kappa shape index (κ3) is 6.13. The van der Waals surface area contributed by atoms with Gasteiger partial charge in [0.2, 0.25) is 0 Å². The van der Waals surface area contributed by atoms with E-state index in [0.29, 0.717) is 6.42 Å². The van der Waals surface area contributed by atoms with Gasteiger partial charge in [0.05, 0.1) is 0 Å². The molecule has 0 spiro atoms. The lowest BCUT2D eigenvalue weighted by atomic mass is 10.1. The smallest absolute Gasteiger partial charge is 0.164 e. The quantitative estimate of drug-likeness (QED) is 0.503. The zero-order chi connectivity index (χ0) is 15.8. The average Bonchev–Trinajstić information content (AvgIpc) is 2.54. The van der Waals surface area contributed by atoms with Gasteiger partial charge in [0.25, 0.3) is 0 Å². The van der Waals surface area contributed by atoms with Crippen LogP contribution in [0.1, 0.15) is 56.3 Å². The van der Waals surface area contributed by atoms with E-state index < -0.39 is 0 Å². The van der Waals surface area contributed by atoms with E-state index in [1.807, 2.05) is 23.9 Å². The Balaban J connectivity index is 1.75. The molecule has 1 aliphatic heterocycles. The van der Waals surface area contributed by atoms with Crippen molar-refractivity contribution in [1.82, 2.24) is 4.90 Å². The third-order valence-corrected chi connectivity index (χ3v) is 5.29. The first-order chi connectivity index (χ1) is 10.6. The van der Waals surface area contributed by atoms with E-state index in [0.717, 1.165) is 23.8 Å². The molecule has 2 rings (SSSR count). The number of hydrogen-bond acceptors (Lipinski definition) is 3. The normalized spacial score (nSPS) is 16.1. The number of piperidine rings is 1. The van der Waals surface area contributed by atoms with Gasteiger partial charge in [-0.1, -0.05) is 32.4 Å². The number of benzene rings is 1. The fraction of sp³-hybridized carbons (Fsp3) is 0.632. The summed E-state index contributed by atoms with van der Waals surface area (Å²) in [5.41, 5.74) is 0.866. The lowest BCUT2D eigenvalue weighted by Gasteiger charge is -2.25. The highest BCUT2D eigenvalue weighted by Crippen LogP contribution is 2.21. The summed E-state index contributed by atoms with van der Waals surface area (Å²) in [5, 5.41) is 0. The van der Waals surface area contributed by atoms with Crippen LogP contribution in [-0.2, 0) is 0 Å². The SMILES string of the molecule is CC(C)CCSc1ccc(C(=O)CCN2CCCCC2)cc1. The van der Waals surface area contributed by atoms with Crippen LogP contribution in [0, 0.1) is 5.92 Å². The standard InChI is InChI=1S/C19H29NOS/c1-16(2)11-15-22-18-8-6-17(7-9-18)19(21)10-14-20-12-4-3-5-13-20/h6-9,16H,3-5,10-15H2,1-2H3. The number of nitrogens with zero attached hydrogens (tertiary/aromatic N) is 1. The largest absolute Gasteiger partial charge is 0.303 e. The number of rotatable bonds is 8. The first kappa shape index (κ1) is 17.6. The minimum atomic E-state index is 0.282. The second-order valence-corrected chi connectivity index (χ2v) is 7.80. The molecule has 0 saturated carbocycles. The summed E-state index contributed by atoms with van der Waals surface area (Å²) >= 11 is 1.89. The number of carbonyl (C=O) groups is 1. The average molecular weight is 320 g/mol. The van der Waals surface area contributed by atoms with Crippen molar-refractivity contribution in [1.29, 1.82) is 0 Å². The number of carbonyl (C=O) groups excluding carboxylic acids is 1. The predicted molar refractivity (Wildman–Crippen MR) is 95.9 cm³/mol. The Morgan fingerprint density at radius 1 is 1.14 bits per heavy atom. The Kier molecular flexibility index (Phi) is 7.47. The molecular weight excluding hydrogens is 290 g/mol. The second-order valence-electron chi connectivity index (χ2n) is 6.63. The van der Waals surface area contributed by atoms with Gasteiger partial charge < -0.3 is 4.90 Å². The van der Waals surface area contributed by atoms with Crippen molar-refractivity contribution < 1.29 is 4.79 Å². The first-order valence-corrected chi connectivity index (χ1v) is 9.62. The molecule has 1 aromatic rings. The Hall–Kier alpha value is -0.800. The fourth-order valence-corrected chi connectivity index (χ4v) is 3.89. The van der Waals surface area contributed by atoms with Gasteiger partial charge in [-0.2, -0.15) is 0 Å². The molecule has 0 radical (unpaired) electrons. The third-order valence-electron chi connectivity index (χ3n) is 4.24. The van der Waals surface area contributed by atoms with Gasteiger partial charge in [-0.3, -0.25) is 4.79 Å². The molecule has 22 heavy (non-hydrogen) atoms. The highest BCUT2D eigenvalue weighted by atomic mass is 32.2. The molecule has 2 nitrogen and oxygen atoms in total. The van der Waals surface area contributed by atoms with E-state index in [-0.39, 0.29) is 5.78 Å². The molecule has 122 valence electrons. The molecule has 1 aromatic carbocycles. The van der Waals surface area contributed by atoms with Gasteiger partial charge in [-0.05, 0) is 56.2 Å². The monoisotopic (exact) mass is 319 g/mol. The zero-order valence-electron chi connectivity index (χ0n) is 14.0. The van der Waals surface area contributed by atoms with Crippen LogP contribution in [-0.4, -0.2) is 36.1 Å². The highest BCUT2D eigenvalue weighted by Gasteiger charge is 2.12. The van der Waals surface area contributed by atoms with E-state index in [9.17, 15) is 4.79 Å². The molecular formula is C19H29NOS. The van der Waals surface area contributed by atoms with Crippen LogP contribution in [0.15, 0.2) is 29.2 Å². The molecule has 0 atom stereocenters. The molecule has 1 aliphatic rings. The summed E-state index contributed by atoms with van der Waals surface area (Å²) in [5.74, 6) is 2.19. The highest BCUT2D eigenvalue weighted by molar-refractivity contribution is 7.99. The Morgan fingerprint density at radius 3 is 2.45 bits per heavy atom. The first-order valence-electron chi connectivity index (χ1n) is 8.63. The van der Waals surface area contributed by atoms with Crippen LogP contribution in [0.2, 0.25) is 0 Å². The predicted octanol–water partition coefficient (Wildman–Crippen LogP) is 4.88. The van der Waals surface area contributed by atoms with Crippen molar-refractivity contribution in [2.75, 3.05) is 25.4 Å². The molecule has 0 bridgehead atoms. The topological polar surface area (TPSA) is 20.3 Å². The van der Waals surface area contributed by atoms with E-state index in [2.05, 4.69) is 30.9 Å². The number of likely N-dealkylation sites (tertiary alicyclic amines) is 1. The second kappa shape index (κ2) is 9.36. The van der Waals surface area contributed by atoms with Crippen molar-refractivity contribution in [3.8, 4) is 0 Å². The van der Waals surface area contributed by atoms with Crippen LogP contribution in [0.5, 0.6) is 0 Å². The molecule has 3 heteroatoms. The van der Waals surface area contributed by atoms with Gasteiger partial charge in [0.15, 0.2) is 5.78 Å². The molecule has 0 amide bonds. The van der Waals surface area contributed by atoms with Crippen molar-refractivity contribution in [3.05, 3.63) is 29.8 Å². The van der Waals surface area contributed by atoms with Crippen LogP contribution in [0.3, 0.4) is 0 Å². The Bertz CT molecular complexity index is 449. The maximum Gasteiger partial charge on any atom is 0.164 e. The van der Waals surface area contributed by atoms with Crippen molar-refractivity contribution in [2.24, 2.45) is 5.92 Å². The maximum atomic E-state index is 12.3. The lowest BCUT2D eigenvalue weighted by molar-refractivity contribution is 0.0958. The summed E-state index contributed by atoms with van der Waals surface area (Å²) in [6.45, 7) is 7.76. The van der Waals surface area contributed by atoms with Gasteiger partial charge in [-0.15, -0.1) is 11.8 Å². The van der Waals surface area contributed by atoms with Gasteiger partial charge in [0, 0.05) is 23.4 Å². The van der Waals surface area contributed by atoms with E-state index >= 15 is 0 Å². The zero-order valence-corrected chi connectivity index (χ0v) is 14.8. The summed E-state index contributed by atoms with van der Waals surface area (Å²) in [6, 6.07) is 8.19. The van der Waals surface area contributed by atoms with Crippen LogP contribution >= 0.6 is 11.8 Å².